The molecule has 0 atom stereocenters. The summed E-state index contributed by atoms with van der Waals surface area (Å²) in [6.45, 7) is 3.59. The Morgan fingerprint density at radius 1 is 1.07 bits per heavy atom. The summed E-state index contributed by atoms with van der Waals surface area (Å²) in [5.74, 6) is 0.814. The Labute approximate surface area is 170 Å². The van der Waals surface area contributed by atoms with E-state index in [-0.39, 0.29) is 10.6 Å². The average Bonchev–Trinajstić information content (AvgIpc) is 2.93. The Balaban J connectivity index is 1.78. The fourth-order valence-electron chi connectivity index (χ4n) is 3.61. The van der Waals surface area contributed by atoms with E-state index in [1.54, 1.807) is 19.2 Å². The smallest absolute Gasteiger partial charge is 0.311 e. The molecule has 0 spiro atoms. The lowest BCUT2D eigenvalue weighted by Crippen LogP contribution is -2.31. The van der Waals surface area contributed by atoms with Crippen molar-refractivity contribution in [1.29, 1.82) is 0 Å². The van der Waals surface area contributed by atoms with E-state index in [9.17, 15) is 18.5 Å². The number of hydrogen-bond acceptors (Lipinski definition) is 7. The summed E-state index contributed by atoms with van der Waals surface area (Å²) in [5, 5.41) is 11.7. The maximum atomic E-state index is 12.0. The zero-order chi connectivity index (χ0) is 21.0. The maximum absolute atomic E-state index is 12.0. The van der Waals surface area contributed by atoms with Crippen molar-refractivity contribution >= 4 is 21.2 Å². The third kappa shape index (κ3) is 5.04. The largest absolute Gasteiger partial charge is 0.497 e. The van der Waals surface area contributed by atoms with E-state index in [1.165, 1.54) is 11.6 Å². The summed E-state index contributed by atoms with van der Waals surface area (Å²) in [6, 6.07) is 12.4. The fourth-order valence-corrected chi connectivity index (χ4v) is 4.46. The number of hydrogen-bond donors (Lipinski definition) is 0. The van der Waals surface area contributed by atoms with Crippen LogP contribution in [0.5, 0.6) is 5.75 Å². The van der Waals surface area contributed by atoms with Crippen molar-refractivity contribution in [2.24, 2.45) is 0 Å². The number of ether oxygens (including phenoxy) is 1. The predicted octanol–water partition coefficient (Wildman–Crippen LogP) is 2.72. The first-order valence-corrected chi connectivity index (χ1v) is 11.3. The molecule has 1 saturated heterocycles. The third-order valence-corrected chi connectivity index (χ3v) is 6.18. The molecule has 0 radical (unpaired) electrons. The van der Waals surface area contributed by atoms with Gasteiger partial charge in [-0.1, -0.05) is 18.2 Å². The normalized spacial score (nSPS) is 15.7. The number of sulfone groups is 1. The van der Waals surface area contributed by atoms with Crippen LogP contribution in [0.4, 0.5) is 11.4 Å². The van der Waals surface area contributed by atoms with E-state index in [2.05, 4.69) is 4.90 Å². The van der Waals surface area contributed by atoms with Gasteiger partial charge in [0, 0.05) is 39.0 Å². The molecular formula is C20H25N3O5S. The molecule has 9 heteroatoms. The van der Waals surface area contributed by atoms with Crippen LogP contribution in [-0.2, 0) is 16.4 Å². The highest BCUT2D eigenvalue weighted by Gasteiger charge is 2.29. The first-order chi connectivity index (χ1) is 13.8. The van der Waals surface area contributed by atoms with Gasteiger partial charge in [-0.15, -0.1) is 0 Å². The van der Waals surface area contributed by atoms with Gasteiger partial charge in [0.15, 0.2) is 9.84 Å². The molecule has 2 aromatic rings. The molecule has 0 saturated carbocycles. The fraction of sp³-hybridized carbons (Fsp3) is 0.400. The molecule has 0 bridgehead atoms. The third-order valence-electron chi connectivity index (χ3n) is 5.05. The highest BCUT2D eigenvalue weighted by atomic mass is 32.2. The molecule has 0 amide bonds. The number of anilines is 1. The molecule has 0 aliphatic carbocycles. The summed E-state index contributed by atoms with van der Waals surface area (Å²) in [7, 11) is -2.06. The first kappa shape index (κ1) is 21.1. The molecule has 0 unspecified atom stereocenters. The van der Waals surface area contributed by atoms with Gasteiger partial charge in [-0.25, -0.2) is 8.42 Å². The monoisotopic (exact) mass is 419 g/mol. The van der Waals surface area contributed by atoms with Crippen molar-refractivity contribution in [3.8, 4) is 5.75 Å². The molecule has 156 valence electrons. The number of benzene rings is 2. The lowest BCUT2D eigenvalue weighted by Gasteiger charge is -2.24. The van der Waals surface area contributed by atoms with Gasteiger partial charge >= 0.3 is 5.69 Å². The summed E-state index contributed by atoms with van der Waals surface area (Å²) in [6.07, 6.45) is 1.83. The second-order valence-electron chi connectivity index (χ2n) is 7.12. The van der Waals surface area contributed by atoms with Crippen molar-refractivity contribution in [2.75, 3.05) is 44.4 Å². The number of nitro benzene ring substituents is 1. The van der Waals surface area contributed by atoms with Crippen molar-refractivity contribution in [2.45, 2.75) is 17.9 Å². The summed E-state index contributed by atoms with van der Waals surface area (Å²) < 4.78 is 29.2. The summed E-state index contributed by atoms with van der Waals surface area (Å²) in [4.78, 5) is 15.1. The lowest BCUT2D eigenvalue weighted by atomic mass is 10.2. The molecule has 29 heavy (non-hydrogen) atoms. The molecule has 1 fully saturated rings. The molecule has 3 rings (SSSR count). The number of rotatable bonds is 6. The second kappa shape index (κ2) is 8.79. The van der Waals surface area contributed by atoms with Crippen molar-refractivity contribution in [3.05, 3.63) is 58.1 Å². The molecule has 0 aromatic heterocycles. The molecule has 1 heterocycles. The Morgan fingerprint density at radius 2 is 1.79 bits per heavy atom. The molecule has 0 N–H and O–H groups in total. The van der Waals surface area contributed by atoms with E-state index >= 15 is 0 Å². The zero-order valence-corrected chi connectivity index (χ0v) is 17.4. The minimum absolute atomic E-state index is 0.237. The van der Waals surface area contributed by atoms with E-state index in [1.807, 2.05) is 29.2 Å². The van der Waals surface area contributed by atoms with E-state index in [0.717, 1.165) is 38.1 Å². The minimum Gasteiger partial charge on any atom is -0.497 e. The van der Waals surface area contributed by atoms with Gasteiger partial charge < -0.3 is 9.64 Å². The van der Waals surface area contributed by atoms with Crippen LogP contribution in [0.1, 0.15) is 12.0 Å². The number of methoxy groups -OCH3 is 1. The summed E-state index contributed by atoms with van der Waals surface area (Å²) >= 11 is 0. The highest BCUT2D eigenvalue weighted by molar-refractivity contribution is 7.90. The molecule has 1 aliphatic rings. The number of nitrogens with zero attached hydrogens (tertiary/aromatic N) is 3. The molecule has 1 aliphatic heterocycles. The van der Waals surface area contributed by atoms with Gasteiger partial charge in [-0.3, -0.25) is 15.0 Å². The van der Waals surface area contributed by atoms with Gasteiger partial charge in [0.05, 0.1) is 12.0 Å². The van der Waals surface area contributed by atoms with Crippen molar-refractivity contribution < 1.29 is 18.1 Å². The van der Waals surface area contributed by atoms with Gasteiger partial charge in [0.2, 0.25) is 0 Å². The van der Waals surface area contributed by atoms with Crippen LogP contribution in [-0.4, -0.2) is 57.8 Å². The number of nitro groups is 1. The average molecular weight is 420 g/mol. The zero-order valence-electron chi connectivity index (χ0n) is 16.6. The Kier molecular flexibility index (Phi) is 6.39. The number of para-hydroxylation sites is 1. The molecule has 2 aromatic carbocycles. The van der Waals surface area contributed by atoms with Gasteiger partial charge in [0.25, 0.3) is 0 Å². The highest BCUT2D eigenvalue weighted by Crippen LogP contribution is 2.35. The van der Waals surface area contributed by atoms with Gasteiger partial charge in [0.1, 0.15) is 16.3 Å². The Hall–Kier alpha value is -2.65. The first-order valence-electron chi connectivity index (χ1n) is 9.37. The van der Waals surface area contributed by atoms with Crippen LogP contribution in [0.3, 0.4) is 0 Å². The van der Waals surface area contributed by atoms with Crippen LogP contribution in [0.2, 0.25) is 0 Å². The Bertz CT molecular complexity index is 976. The van der Waals surface area contributed by atoms with E-state index in [4.69, 9.17) is 4.74 Å². The van der Waals surface area contributed by atoms with E-state index in [0.29, 0.717) is 18.8 Å². The van der Waals surface area contributed by atoms with Crippen LogP contribution < -0.4 is 9.64 Å². The van der Waals surface area contributed by atoms with Crippen molar-refractivity contribution in [1.82, 2.24) is 4.90 Å². The van der Waals surface area contributed by atoms with Gasteiger partial charge in [-0.2, -0.15) is 0 Å². The molecular weight excluding hydrogens is 394 g/mol. The van der Waals surface area contributed by atoms with E-state index < -0.39 is 14.8 Å². The van der Waals surface area contributed by atoms with Crippen LogP contribution in [0.15, 0.2) is 47.4 Å². The van der Waals surface area contributed by atoms with Crippen LogP contribution in [0, 0.1) is 10.1 Å². The standard InChI is InChI=1S/C20H25N3O5S/c1-28-17-9-7-16(8-10-17)15-21-11-4-12-22(14-13-21)18-5-3-6-19(29(2,26)27)20(18)23(24)25/h3,5-10H,4,11-15H2,1-2H3. The second-order valence-corrected chi connectivity index (χ2v) is 9.10. The summed E-state index contributed by atoms with van der Waals surface area (Å²) in [5.41, 5.74) is 1.20. The minimum atomic E-state index is -3.70. The lowest BCUT2D eigenvalue weighted by molar-refractivity contribution is -0.387. The predicted molar refractivity (Wildman–Crippen MR) is 111 cm³/mol. The van der Waals surface area contributed by atoms with Crippen LogP contribution in [0.25, 0.3) is 0 Å². The Morgan fingerprint density at radius 3 is 2.41 bits per heavy atom. The maximum Gasteiger partial charge on any atom is 0.311 e. The van der Waals surface area contributed by atoms with Gasteiger partial charge in [-0.05, 0) is 36.2 Å². The SMILES string of the molecule is COc1ccc(CN2CCCN(c3cccc(S(C)(=O)=O)c3[N+](=O)[O-])CC2)cc1. The van der Waals surface area contributed by atoms with Crippen molar-refractivity contribution in [3.63, 3.8) is 0 Å². The topological polar surface area (TPSA) is 93.0 Å². The van der Waals surface area contributed by atoms with Crippen LogP contribution >= 0.6 is 0 Å². The molecule has 8 nitrogen and oxygen atoms in total. The quantitative estimate of drug-likeness (QED) is 0.525.